The lowest BCUT2D eigenvalue weighted by Gasteiger charge is -2.43. The quantitative estimate of drug-likeness (QED) is 0.656. The standard InChI is InChI=1S/C21H20N2O3/c22-17-8-4-5-9-18(17)23-21-11-10-16(14-19(21)25-12-13-26-21)20(24)15-6-2-1-3-7-15/h1-11,14,19,23H,12-13,22H2. The zero-order chi connectivity index (χ0) is 18.0. The van der Waals surface area contributed by atoms with Gasteiger partial charge in [-0.1, -0.05) is 48.5 Å². The van der Waals surface area contributed by atoms with Crippen molar-refractivity contribution in [2.75, 3.05) is 24.3 Å². The second-order valence-electron chi connectivity index (χ2n) is 6.30. The molecule has 5 nitrogen and oxygen atoms in total. The lowest BCUT2D eigenvalue weighted by atomic mass is 9.91. The van der Waals surface area contributed by atoms with Crippen molar-refractivity contribution < 1.29 is 14.3 Å². The Morgan fingerprint density at radius 1 is 1.08 bits per heavy atom. The van der Waals surface area contributed by atoms with E-state index in [1.165, 1.54) is 0 Å². The topological polar surface area (TPSA) is 73.6 Å². The summed E-state index contributed by atoms with van der Waals surface area (Å²) >= 11 is 0. The Bertz CT molecular complexity index is 876. The van der Waals surface area contributed by atoms with E-state index >= 15 is 0 Å². The first-order valence-electron chi connectivity index (χ1n) is 8.57. The van der Waals surface area contributed by atoms with Crippen molar-refractivity contribution in [1.29, 1.82) is 0 Å². The van der Waals surface area contributed by atoms with Crippen molar-refractivity contribution in [3.63, 3.8) is 0 Å². The fourth-order valence-corrected chi connectivity index (χ4v) is 3.22. The van der Waals surface area contributed by atoms with Gasteiger partial charge in [-0.15, -0.1) is 0 Å². The molecule has 4 rings (SSSR count). The van der Waals surface area contributed by atoms with Crippen LogP contribution in [-0.2, 0) is 9.47 Å². The molecular weight excluding hydrogens is 328 g/mol. The van der Waals surface area contributed by atoms with E-state index in [-0.39, 0.29) is 5.78 Å². The van der Waals surface area contributed by atoms with Crippen molar-refractivity contribution in [2.45, 2.75) is 11.8 Å². The Balaban J connectivity index is 1.63. The largest absolute Gasteiger partial charge is 0.397 e. The molecule has 0 spiro atoms. The zero-order valence-electron chi connectivity index (χ0n) is 14.2. The third-order valence-corrected chi connectivity index (χ3v) is 4.57. The summed E-state index contributed by atoms with van der Waals surface area (Å²) in [5.41, 5.74) is 7.80. The van der Waals surface area contributed by atoms with Crippen LogP contribution in [0.3, 0.4) is 0 Å². The van der Waals surface area contributed by atoms with Crippen LogP contribution in [-0.4, -0.2) is 30.8 Å². The minimum atomic E-state index is -0.881. The van der Waals surface area contributed by atoms with Gasteiger partial charge in [-0.3, -0.25) is 4.79 Å². The number of benzene rings is 2. The van der Waals surface area contributed by atoms with E-state index in [2.05, 4.69) is 5.32 Å². The smallest absolute Gasteiger partial charge is 0.192 e. The van der Waals surface area contributed by atoms with Gasteiger partial charge in [0.25, 0.3) is 0 Å². The number of hydrogen-bond donors (Lipinski definition) is 2. The van der Waals surface area contributed by atoms with Gasteiger partial charge in [0.2, 0.25) is 0 Å². The summed E-state index contributed by atoms with van der Waals surface area (Å²) in [5, 5.41) is 3.35. The minimum absolute atomic E-state index is 0.0381. The Morgan fingerprint density at radius 3 is 2.65 bits per heavy atom. The maximum atomic E-state index is 12.7. The Hall–Kier alpha value is -2.89. The van der Waals surface area contributed by atoms with Gasteiger partial charge < -0.3 is 20.5 Å². The first-order valence-corrected chi connectivity index (χ1v) is 8.57. The van der Waals surface area contributed by atoms with E-state index in [0.29, 0.717) is 30.0 Å². The Kier molecular flexibility index (Phi) is 4.32. The lowest BCUT2D eigenvalue weighted by molar-refractivity contribution is -0.150. The van der Waals surface area contributed by atoms with Crippen molar-refractivity contribution in [1.82, 2.24) is 0 Å². The molecule has 2 aromatic carbocycles. The van der Waals surface area contributed by atoms with E-state index in [4.69, 9.17) is 15.2 Å². The molecule has 5 heteroatoms. The van der Waals surface area contributed by atoms with Gasteiger partial charge in [0.05, 0.1) is 24.6 Å². The first-order chi connectivity index (χ1) is 12.7. The number of ether oxygens (including phenoxy) is 2. The zero-order valence-corrected chi connectivity index (χ0v) is 14.2. The third-order valence-electron chi connectivity index (χ3n) is 4.57. The van der Waals surface area contributed by atoms with E-state index in [0.717, 1.165) is 5.69 Å². The molecule has 0 amide bonds. The number of hydrogen-bond acceptors (Lipinski definition) is 5. The highest BCUT2D eigenvalue weighted by molar-refractivity contribution is 6.10. The molecule has 2 atom stereocenters. The average molecular weight is 348 g/mol. The van der Waals surface area contributed by atoms with Crippen LogP contribution < -0.4 is 11.1 Å². The number of Topliss-reactive ketones (excluding diaryl/α,β-unsaturated/α-hetero) is 1. The van der Waals surface area contributed by atoms with Gasteiger partial charge >= 0.3 is 0 Å². The fraction of sp³-hybridized carbons (Fsp3) is 0.190. The van der Waals surface area contributed by atoms with Crippen molar-refractivity contribution >= 4 is 17.2 Å². The molecular formula is C21H20N2O3. The number of rotatable bonds is 4. The number of nitrogen functional groups attached to an aromatic ring is 1. The number of nitrogens with one attached hydrogen (secondary N) is 1. The summed E-state index contributed by atoms with van der Waals surface area (Å²) in [6.45, 7) is 0.923. The molecule has 2 unspecified atom stereocenters. The summed E-state index contributed by atoms with van der Waals surface area (Å²) < 4.78 is 11.9. The van der Waals surface area contributed by atoms with E-state index < -0.39 is 11.8 Å². The molecule has 2 aliphatic rings. The number of fused-ring (bicyclic) bond motifs is 1. The monoisotopic (exact) mass is 348 g/mol. The Morgan fingerprint density at radius 2 is 1.85 bits per heavy atom. The van der Waals surface area contributed by atoms with Crippen LogP contribution >= 0.6 is 0 Å². The van der Waals surface area contributed by atoms with Gasteiger partial charge in [0, 0.05) is 11.1 Å². The molecule has 1 aliphatic carbocycles. The number of anilines is 2. The number of ketones is 1. The highest BCUT2D eigenvalue weighted by Gasteiger charge is 2.43. The number of carbonyl (C=O) groups is 1. The van der Waals surface area contributed by atoms with E-state index in [1.54, 1.807) is 18.2 Å². The molecule has 132 valence electrons. The highest BCUT2D eigenvalue weighted by Crippen LogP contribution is 2.34. The molecule has 1 heterocycles. The molecule has 0 saturated carbocycles. The lowest BCUT2D eigenvalue weighted by Crippen LogP contribution is -2.55. The number of para-hydroxylation sites is 2. The van der Waals surface area contributed by atoms with Crippen LogP contribution in [0.4, 0.5) is 11.4 Å². The molecule has 1 aliphatic heterocycles. The third kappa shape index (κ3) is 3.03. The molecule has 2 aromatic rings. The van der Waals surface area contributed by atoms with Crippen LogP contribution in [0.1, 0.15) is 10.4 Å². The van der Waals surface area contributed by atoms with Gasteiger partial charge in [0.1, 0.15) is 6.10 Å². The predicted octanol–water partition coefficient (Wildman–Crippen LogP) is 3.17. The van der Waals surface area contributed by atoms with Crippen LogP contribution in [0, 0.1) is 0 Å². The second-order valence-corrected chi connectivity index (χ2v) is 6.30. The van der Waals surface area contributed by atoms with E-state index in [9.17, 15) is 4.79 Å². The van der Waals surface area contributed by atoms with Crippen molar-refractivity contribution in [3.05, 3.63) is 84.0 Å². The van der Waals surface area contributed by atoms with Crippen LogP contribution in [0.5, 0.6) is 0 Å². The summed E-state index contributed by atoms with van der Waals surface area (Å²) in [5.74, 6) is -0.0381. The Labute approximate surface area is 152 Å². The number of carbonyl (C=O) groups excluding carboxylic acids is 1. The maximum Gasteiger partial charge on any atom is 0.192 e. The van der Waals surface area contributed by atoms with E-state index in [1.807, 2.05) is 54.6 Å². The molecule has 1 saturated heterocycles. The second kappa shape index (κ2) is 6.78. The summed E-state index contributed by atoms with van der Waals surface area (Å²) in [6.07, 6.45) is 5.02. The maximum absolute atomic E-state index is 12.7. The van der Waals surface area contributed by atoms with Crippen LogP contribution in [0.15, 0.2) is 78.4 Å². The molecule has 0 aromatic heterocycles. The van der Waals surface area contributed by atoms with Gasteiger partial charge in [-0.05, 0) is 24.3 Å². The SMILES string of the molecule is Nc1ccccc1NC12C=CC(C(=O)c3ccccc3)=CC1OCCO2. The van der Waals surface area contributed by atoms with Crippen molar-refractivity contribution in [2.24, 2.45) is 0 Å². The van der Waals surface area contributed by atoms with Crippen LogP contribution in [0.25, 0.3) is 0 Å². The molecule has 0 radical (unpaired) electrons. The highest BCUT2D eigenvalue weighted by atomic mass is 16.6. The summed E-state index contributed by atoms with van der Waals surface area (Å²) in [4.78, 5) is 12.7. The molecule has 0 bridgehead atoms. The normalized spacial score (nSPS) is 24.5. The van der Waals surface area contributed by atoms with Crippen molar-refractivity contribution in [3.8, 4) is 0 Å². The van der Waals surface area contributed by atoms with Gasteiger partial charge in [0.15, 0.2) is 11.5 Å². The minimum Gasteiger partial charge on any atom is -0.397 e. The number of allylic oxidation sites excluding steroid dienone is 2. The molecule has 26 heavy (non-hydrogen) atoms. The fourth-order valence-electron chi connectivity index (χ4n) is 3.22. The average Bonchev–Trinajstić information content (AvgIpc) is 2.69. The van der Waals surface area contributed by atoms with Gasteiger partial charge in [-0.2, -0.15) is 0 Å². The summed E-state index contributed by atoms with van der Waals surface area (Å²) in [6, 6.07) is 16.7. The predicted molar refractivity (Wildman–Crippen MR) is 101 cm³/mol. The van der Waals surface area contributed by atoms with Crippen LogP contribution in [0.2, 0.25) is 0 Å². The van der Waals surface area contributed by atoms with Gasteiger partial charge in [-0.25, -0.2) is 0 Å². The summed E-state index contributed by atoms with van der Waals surface area (Å²) in [7, 11) is 0. The number of nitrogens with two attached hydrogens (primary N) is 1. The molecule has 1 fully saturated rings. The first kappa shape index (κ1) is 16.6. The molecule has 3 N–H and O–H groups in total.